The number of carbonyl (C=O) groups excluding carboxylic acids is 1. The van der Waals surface area contributed by atoms with Crippen molar-refractivity contribution in [3.63, 3.8) is 0 Å². The van der Waals surface area contributed by atoms with Gasteiger partial charge in [0, 0.05) is 6.42 Å². The molecular weight excluding hydrogens is 466 g/mol. The first-order chi connectivity index (χ1) is 17.5. The molecule has 0 unspecified atom stereocenters. The van der Waals surface area contributed by atoms with Crippen LogP contribution in [0.2, 0.25) is 0 Å². The summed E-state index contributed by atoms with van der Waals surface area (Å²) in [5, 5.41) is 53.1. The van der Waals surface area contributed by atoms with Gasteiger partial charge in [-0.05, 0) is 6.42 Å². The SMILES string of the molecule is CCCCCCCCCCCCCCCCCC(=O)ON(CCO)CCO.OCC(CO)(CO)CO. The maximum atomic E-state index is 11.7. The van der Waals surface area contributed by atoms with Gasteiger partial charge in [0.05, 0.1) is 58.1 Å². The minimum atomic E-state index is -1.11. The molecule has 0 atom stereocenters. The van der Waals surface area contributed by atoms with Crippen molar-refractivity contribution in [2.75, 3.05) is 52.7 Å². The molecule has 36 heavy (non-hydrogen) atoms. The third-order valence-electron chi connectivity index (χ3n) is 6.26. The summed E-state index contributed by atoms with van der Waals surface area (Å²) in [5.74, 6) is -0.272. The van der Waals surface area contributed by atoms with Crippen molar-refractivity contribution in [2.45, 2.75) is 110 Å². The van der Waals surface area contributed by atoms with Gasteiger partial charge in [0.1, 0.15) is 0 Å². The van der Waals surface area contributed by atoms with Crippen LogP contribution in [-0.4, -0.2) is 94.4 Å². The zero-order valence-electron chi connectivity index (χ0n) is 22.9. The van der Waals surface area contributed by atoms with Crippen molar-refractivity contribution in [1.82, 2.24) is 5.06 Å². The minimum Gasteiger partial charge on any atom is -0.396 e. The molecule has 0 aromatic heterocycles. The molecule has 0 bridgehead atoms. The van der Waals surface area contributed by atoms with E-state index in [-0.39, 0.29) is 32.3 Å². The number of hydrogen-bond acceptors (Lipinski definition) is 9. The Labute approximate surface area is 219 Å². The lowest BCUT2D eigenvalue weighted by atomic mass is 9.93. The number of aliphatic hydroxyl groups is 6. The van der Waals surface area contributed by atoms with Crippen molar-refractivity contribution in [3.8, 4) is 0 Å². The molecule has 0 amide bonds. The average molecular weight is 524 g/mol. The van der Waals surface area contributed by atoms with E-state index in [0.29, 0.717) is 6.42 Å². The first-order valence-electron chi connectivity index (χ1n) is 14.1. The normalized spacial score (nSPS) is 11.4. The molecule has 9 nitrogen and oxygen atoms in total. The lowest BCUT2D eigenvalue weighted by Crippen LogP contribution is -2.37. The van der Waals surface area contributed by atoms with Gasteiger partial charge in [-0.1, -0.05) is 96.8 Å². The Morgan fingerprint density at radius 1 is 0.583 bits per heavy atom. The smallest absolute Gasteiger partial charge is 0.325 e. The maximum absolute atomic E-state index is 11.7. The van der Waals surface area contributed by atoms with Crippen LogP contribution in [0.5, 0.6) is 0 Å². The van der Waals surface area contributed by atoms with E-state index in [0.717, 1.165) is 12.8 Å². The summed E-state index contributed by atoms with van der Waals surface area (Å²) in [6.45, 7) is 0.942. The van der Waals surface area contributed by atoms with Crippen molar-refractivity contribution >= 4 is 5.97 Å². The fourth-order valence-electron chi connectivity index (χ4n) is 3.56. The second kappa shape index (κ2) is 28.8. The van der Waals surface area contributed by atoms with Gasteiger partial charge in [0.15, 0.2) is 0 Å². The molecule has 0 aliphatic rings. The molecular formula is C27H57NO8. The van der Waals surface area contributed by atoms with Gasteiger partial charge in [-0.25, -0.2) is 0 Å². The second-order valence-electron chi connectivity index (χ2n) is 9.67. The predicted molar refractivity (Wildman–Crippen MR) is 142 cm³/mol. The second-order valence-corrected chi connectivity index (χ2v) is 9.67. The van der Waals surface area contributed by atoms with Crippen LogP contribution in [0.25, 0.3) is 0 Å². The fraction of sp³-hybridized carbons (Fsp3) is 0.963. The van der Waals surface area contributed by atoms with Crippen LogP contribution in [0.1, 0.15) is 110 Å². The number of hydrogen-bond donors (Lipinski definition) is 6. The fourth-order valence-corrected chi connectivity index (χ4v) is 3.56. The lowest BCUT2D eigenvalue weighted by Gasteiger charge is -2.23. The number of carbonyl (C=O) groups is 1. The van der Waals surface area contributed by atoms with Crippen LogP contribution in [0.15, 0.2) is 0 Å². The maximum Gasteiger partial charge on any atom is 0.325 e. The van der Waals surface area contributed by atoms with E-state index in [1.807, 2.05) is 0 Å². The molecule has 0 radical (unpaired) electrons. The third-order valence-corrected chi connectivity index (χ3v) is 6.26. The summed E-state index contributed by atoms with van der Waals surface area (Å²) >= 11 is 0. The zero-order valence-corrected chi connectivity index (χ0v) is 22.9. The van der Waals surface area contributed by atoms with Crippen LogP contribution in [-0.2, 0) is 9.63 Å². The van der Waals surface area contributed by atoms with Gasteiger partial charge in [0.2, 0.25) is 0 Å². The summed E-state index contributed by atoms with van der Waals surface area (Å²) in [5.41, 5.74) is -1.11. The average Bonchev–Trinajstić information content (AvgIpc) is 2.89. The van der Waals surface area contributed by atoms with Gasteiger partial charge in [-0.3, -0.25) is 4.79 Å². The van der Waals surface area contributed by atoms with E-state index >= 15 is 0 Å². The summed E-state index contributed by atoms with van der Waals surface area (Å²) in [4.78, 5) is 16.8. The first-order valence-corrected chi connectivity index (χ1v) is 14.1. The van der Waals surface area contributed by atoms with Crippen LogP contribution >= 0.6 is 0 Å². The van der Waals surface area contributed by atoms with E-state index in [1.54, 1.807) is 0 Å². The standard InChI is InChI=1S/C22H45NO4.C5H12O4/c1-2-3-4-5-6-7-8-9-10-11-12-13-14-15-16-17-22(26)27-23(18-20-24)19-21-25;6-1-5(2-7,3-8)4-9/h24-25H,2-21H2,1H3;6-9H,1-4H2. The molecule has 0 rings (SSSR count). The number of unbranched alkanes of at least 4 members (excludes halogenated alkanes) is 14. The van der Waals surface area contributed by atoms with E-state index in [4.69, 9.17) is 35.5 Å². The van der Waals surface area contributed by atoms with Gasteiger partial charge >= 0.3 is 5.97 Å². The summed E-state index contributed by atoms with van der Waals surface area (Å²) < 4.78 is 0. The molecule has 218 valence electrons. The Hall–Kier alpha value is -0.810. The quantitative estimate of drug-likeness (QED) is 0.0784. The van der Waals surface area contributed by atoms with E-state index in [9.17, 15) is 4.79 Å². The molecule has 0 aromatic rings. The Balaban J connectivity index is 0. The molecule has 0 aromatic carbocycles. The van der Waals surface area contributed by atoms with Gasteiger partial charge in [-0.15, -0.1) is 5.06 Å². The minimum absolute atomic E-state index is 0.0910. The Morgan fingerprint density at radius 2 is 0.917 bits per heavy atom. The number of hydroxylamine groups is 2. The Bertz CT molecular complexity index is 426. The first kappa shape index (κ1) is 37.3. The monoisotopic (exact) mass is 523 g/mol. The van der Waals surface area contributed by atoms with Crippen LogP contribution in [0.4, 0.5) is 0 Å². The molecule has 0 spiro atoms. The van der Waals surface area contributed by atoms with Gasteiger partial charge in [-0.2, -0.15) is 0 Å². The summed E-state index contributed by atoms with van der Waals surface area (Å²) in [7, 11) is 0. The van der Waals surface area contributed by atoms with E-state index < -0.39 is 31.8 Å². The molecule has 9 heteroatoms. The van der Waals surface area contributed by atoms with E-state index in [1.165, 1.54) is 88.5 Å². The Morgan fingerprint density at radius 3 is 1.19 bits per heavy atom. The van der Waals surface area contributed by atoms with Crippen molar-refractivity contribution in [3.05, 3.63) is 0 Å². The predicted octanol–water partition coefficient (Wildman–Crippen LogP) is 2.93. The highest BCUT2D eigenvalue weighted by molar-refractivity contribution is 5.68. The molecule has 0 fully saturated rings. The summed E-state index contributed by atoms with van der Waals surface area (Å²) in [6, 6.07) is 0. The van der Waals surface area contributed by atoms with Crippen molar-refractivity contribution in [2.24, 2.45) is 5.41 Å². The molecule has 0 saturated carbocycles. The van der Waals surface area contributed by atoms with Gasteiger partial charge < -0.3 is 35.5 Å². The Kier molecular flexibility index (Phi) is 29.8. The number of nitrogens with zero attached hydrogens (tertiary/aromatic N) is 1. The molecule has 0 heterocycles. The molecule has 6 N–H and O–H groups in total. The molecule has 0 saturated heterocycles. The number of aliphatic hydroxyl groups excluding tert-OH is 6. The summed E-state index contributed by atoms with van der Waals surface area (Å²) in [6.07, 6.45) is 20.0. The van der Waals surface area contributed by atoms with Crippen molar-refractivity contribution in [1.29, 1.82) is 0 Å². The highest BCUT2D eigenvalue weighted by atomic mass is 16.7. The molecule has 0 aliphatic carbocycles. The van der Waals surface area contributed by atoms with Crippen LogP contribution in [0, 0.1) is 5.41 Å². The van der Waals surface area contributed by atoms with Crippen LogP contribution < -0.4 is 0 Å². The molecule has 0 aliphatic heterocycles. The highest BCUT2D eigenvalue weighted by Gasteiger charge is 2.26. The van der Waals surface area contributed by atoms with Crippen LogP contribution in [0.3, 0.4) is 0 Å². The highest BCUT2D eigenvalue weighted by Crippen LogP contribution is 2.14. The van der Waals surface area contributed by atoms with Crippen molar-refractivity contribution < 1.29 is 40.3 Å². The van der Waals surface area contributed by atoms with E-state index in [2.05, 4.69) is 6.92 Å². The topological polar surface area (TPSA) is 151 Å². The zero-order chi connectivity index (χ0) is 27.3. The van der Waals surface area contributed by atoms with Gasteiger partial charge in [0.25, 0.3) is 0 Å². The largest absolute Gasteiger partial charge is 0.396 e. The lowest BCUT2D eigenvalue weighted by molar-refractivity contribution is -0.194. The number of rotatable bonds is 25. The third kappa shape index (κ3) is 23.6.